The first-order valence-electron chi connectivity index (χ1n) is 4.94. The standard InChI is InChI=1S/C14H10N/c15-14-12-7-3-1-5-10(12)9-11-6-2-4-8-13(11)14/h1-5,7-9H,15H2. The van der Waals surface area contributed by atoms with E-state index in [1.54, 1.807) is 0 Å². The number of nitrogens with two attached hydrogens (primary N) is 1. The third-order valence-corrected chi connectivity index (χ3v) is 2.73. The number of benzene rings is 3. The highest BCUT2D eigenvalue weighted by molar-refractivity contribution is 6.09. The molecule has 0 spiro atoms. The Balaban J connectivity index is 2.60. The van der Waals surface area contributed by atoms with Crippen molar-refractivity contribution in [2.24, 2.45) is 0 Å². The molecular formula is C14H10N. The van der Waals surface area contributed by atoms with Gasteiger partial charge in [0.25, 0.3) is 0 Å². The summed E-state index contributed by atoms with van der Waals surface area (Å²) >= 11 is 0. The number of hydrogen-bond donors (Lipinski definition) is 1. The van der Waals surface area contributed by atoms with Crippen LogP contribution in [0.15, 0.2) is 48.5 Å². The molecular weight excluding hydrogens is 182 g/mol. The van der Waals surface area contributed by atoms with Crippen LogP contribution >= 0.6 is 0 Å². The third kappa shape index (κ3) is 1.17. The summed E-state index contributed by atoms with van der Waals surface area (Å²) in [4.78, 5) is 0. The molecule has 0 aromatic heterocycles. The molecule has 0 amide bonds. The molecule has 0 heterocycles. The lowest BCUT2D eigenvalue weighted by atomic mass is 10.0. The highest BCUT2D eigenvalue weighted by atomic mass is 14.6. The van der Waals surface area contributed by atoms with E-state index in [4.69, 9.17) is 5.73 Å². The fraction of sp³-hybridized carbons (Fsp3) is 0. The first-order valence-corrected chi connectivity index (χ1v) is 4.94. The van der Waals surface area contributed by atoms with E-state index in [1.165, 1.54) is 5.39 Å². The summed E-state index contributed by atoms with van der Waals surface area (Å²) in [6.45, 7) is 0. The Morgan fingerprint density at radius 1 is 0.933 bits per heavy atom. The fourth-order valence-electron chi connectivity index (χ4n) is 1.97. The average Bonchev–Trinajstić information content (AvgIpc) is 2.30. The van der Waals surface area contributed by atoms with Crippen LogP contribution in [0.3, 0.4) is 0 Å². The van der Waals surface area contributed by atoms with Crippen LogP contribution in [0.25, 0.3) is 21.5 Å². The first kappa shape index (κ1) is 8.30. The van der Waals surface area contributed by atoms with Crippen molar-refractivity contribution >= 4 is 27.2 Å². The van der Waals surface area contributed by atoms with Crippen LogP contribution in [-0.4, -0.2) is 0 Å². The molecule has 15 heavy (non-hydrogen) atoms. The van der Waals surface area contributed by atoms with Crippen molar-refractivity contribution in [2.75, 3.05) is 5.73 Å². The third-order valence-electron chi connectivity index (χ3n) is 2.73. The van der Waals surface area contributed by atoms with E-state index in [-0.39, 0.29) is 0 Å². The molecule has 0 atom stereocenters. The van der Waals surface area contributed by atoms with Gasteiger partial charge in [-0.3, -0.25) is 0 Å². The second kappa shape index (κ2) is 2.99. The lowest BCUT2D eigenvalue weighted by molar-refractivity contribution is 1.74. The minimum atomic E-state index is 0.847. The molecule has 0 unspecified atom stereocenters. The molecule has 3 aromatic carbocycles. The quantitative estimate of drug-likeness (QED) is 0.429. The van der Waals surface area contributed by atoms with Gasteiger partial charge in [0, 0.05) is 16.5 Å². The molecule has 1 nitrogen and oxygen atoms in total. The number of nitrogen functional groups attached to an aromatic ring is 1. The maximum Gasteiger partial charge on any atom is 0.0473 e. The van der Waals surface area contributed by atoms with Crippen molar-refractivity contribution < 1.29 is 0 Å². The Hall–Kier alpha value is -2.02. The molecule has 3 aromatic rings. The zero-order valence-corrected chi connectivity index (χ0v) is 8.20. The highest BCUT2D eigenvalue weighted by Gasteiger charge is 2.02. The van der Waals surface area contributed by atoms with Crippen LogP contribution in [0, 0.1) is 6.07 Å². The highest BCUT2D eigenvalue weighted by Crippen LogP contribution is 2.29. The summed E-state index contributed by atoms with van der Waals surface area (Å²) in [5.74, 6) is 0. The SMILES string of the molecule is Nc1c2ccc[c]c2cc2ccccc12. The lowest BCUT2D eigenvalue weighted by Gasteiger charge is -2.06. The summed E-state index contributed by atoms with van der Waals surface area (Å²) in [5, 5.41) is 4.44. The van der Waals surface area contributed by atoms with E-state index in [2.05, 4.69) is 24.3 Å². The van der Waals surface area contributed by atoms with Crippen molar-refractivity contribution in [3.05, 3.63) is 54.6 Å². The minimum Gasteiger partial charge on any atom is -0.398 e. The van der Waals surface area contributed by atoms with E-state index >= 15 is 0 Å². The maximum atomic E-state index is 6.13. The molecule has 0 aliphatic heterocycles. The second-order valence-corrected chi connectivity index (χ2v) is 3.64. The fourth-order valence-corrected chi connectivity index (χ4v) is 1.97. The van der Waals surface area contributed by atoms with Gasteiger partial charge in [-0.25, -0.2) is 0 Å². The Bertz CT molecular complexity index is 587. The lowest BCUT2D eigenvalue weighted by Crippen LogP contribution is -1.89. The van der Waals surface area contributed by atoms with Gasteiger partial charge in [0.2, 0.25) is 0 Å². The van der Waals surface area contributed by atoms with Crippen molar-refractivity contribution in [2.45, 2.75) is 0 Å². The van der Waals surface area contributed by atoms with Crippen LogP contribution in [0.1, 0.15) is 0 Å². The molecule has 1 heteroatoms. The first-order chi connectivity index (χ1) is 7.36. The number of hydrogen-bond acceptors (Lipinski definition) is 1. The normalized spacial score (nSPS) is 10.9. The van der Waals surface area contributed by atoms with E-state index in [0.29, 0.717) is 0 Å². The Kier molecular flexibility index (Phi) is 1.65. The van der Waals surface area contributed by atoms with E-state index < -0.39 is 0 Å². The summed E-state index contributed by atoms with van der Waals surface area (Å²) < 4.78 is 0. The predicted molar refractivity (Wildman–Crippen MR) is 64.7 cm³/mol. The maximum absolute atomic E-state index is 6.13. The molecule has 0 saturated carbocycles. The molecule has 2 N–H and O–H groups in total. The van der Waals surface area contributed by atoms with Crippen LogP contribution in [0.5, 0.6) is 0 Å². The summed E-state index contributed by atoms with van der Waals surface area (Å²) in [5.41, 5.74) is 6.98. The zero-order valence-electron chi connectivity index (χ0n) is 8.20. The van der Waals surface area contributed by atoms with Crippen LogP contribution in [0.2, 0.25) is 0 Å². The topological polar surface area (TPSA) is 26.0 Å². The molecule has 3 rings (SSSR count). The van der Waals surface area contributed by atoms with Gasteiger partial charge >= 0.3 is 0 Å². The van der Waals surface area contributed by atoms with Crippen molar-refractivity contribution in [3.8, 4) is 0 Å². The molecule has 0 fully saturated rings. The van der Waals surface area contributed by atoms with Gasteiger partial charge in [-0.15, -0.1) is 0 Å². The average molecular weight is 192 g/mol. The number of fused-ring (bicyclic) bond motifs is 2. The zero-order chi connectivity index (χ0) is 10.3. The Morgan fingerprint density at radius 3 is 2.67 bits per heavy atom. The predicted octanol–water partition coefficient (Wildman–Crippen LogP) is 3.38. The summed E-state index contributed by atoms with van der Waals surface area (Å²) in [6, 6.07) is 19.4. The van der Waals surface area contributed by atoms with Gasteiger partial charge in [0.15, 0.2) is 0 Å². The van der Waals surface area contributed by atoms with Gasteiger partial charge in [-0.05, 0) is 22.9 Å². The molecule has 0 aliphatic carbocycles. The van der Waals surface area contributed by atoms with Crippen molar-refractivity contribution in [3.63, 3.8) is 0 Å². The molecule has 0 saturated heterocycles. The van der Waals surface area contributed by atoms with Crippen LogP contribution in [-0.2, 0) is 0 Å². The molecule has 0 aliphatic rings. The second-order valence-electron chi connectivity index (χ2n) is 3.64. The van der Waals surface area contributed by atoms with Crippen molar-refractivity contribution in [1.82, 2.24) is 0 Å². The number of anilines is 1. The van der Waals surface area contributed by atoms with Gasteiger partial charge < -0.3 is 5.73 Å². The van der Waals surface area contributed by atoms with Gasteiger partial charge in [0.1, 0.15) is 0 Å². The van der Waals surface area contributed by atoms with E-state index in [1.807, 2.05) is 30.3 Å². The molecule has 1 radical (unpaired) electrons. The number of rotatable bonds is 0. The van der Waals surface area contributed by atoms with Gasteiger partial charge in [-0.2, -0.15) is 0 Å². The van der Waals surface area contributed by atoms with Gasteiger partial charge in [0.05, 0.1) is 0 Å². The monoisotopic (exact) mass is 192 g/mol. The van der Waals surface area contributed by atoms with Gasteiger partial charge in [-0.1, -0.05) is 42.5 Å². The van der Waals surface area contributed by atoms with E-state index in [9.17, 15) is 0 Å². The summed E-state index contributed by atoms with van der Waals surface area (Å²) in [7, 11) is 0. The smallest absolute Gasteiger partial charge is 0.0473 e. The molecule has 71 valence electrons. The minimum absolute atomic E-state index is 0.847. The van der Waals surface area contributed by atoms with E-state index in [0.717, 1.165) is 21.8 Å². The largest absolute Gasteiger partial charge is 0.398 e. The van der Waals surface area contributed by atoms with Crippen LogP contribution < -0.4 is 5.73 Å². The Morgan fingerprint density at radius 2 is 1.73 bits per heavy atom. The van der Waals surface area contributed by atoms with Crippen LogP contribution in [0.4, 0.5) is 5.69 Å². The van der Waals surface area contributed by atoms with Crippen molar-refractivity contribution in [1.29, 1.82) is 0 Å². The Labute approximate surface area is 88.1 Å². The summed E-state index contributed by atoms with van der Waals surface area (Å²) in [6.07, 6.45) is 0. The molecule has 0 bridgehead atoms.